The molecular formula is C14H20N4O. The number of fused-ring (bicyclic) bond motifs is 1. The average molecular weight is 260 g/mol. The summed E-state index contributed by atoms with van der Waals surface area (Å²) in [5, 5.41) is 17.4. The van der Waals surface area contributed by atoms with Crippen molar-refractivity contribution in [3.8, 4) is 0 Å². The fourth-order valence-corrected chi connectivity index (χ4v) is 2.63. The van der Waals surface area contributed by atoms with E-state index in [4.69, 9.17) is 0 Å². The van der Waals surface area contributed by atoms with Crippen LogP contribution in [0.25, 0.3) is 5.65 Å². The number of nitrogens with zero attached hydrogens (tertiary/aromatic N) is 3. The molecule has 1 fully saturated rings. The Morgan fingerprint density at radius 1 is 1.42 bits per heavy atom. The van der Waals surface area contributed by atoms with Crippen LogP contribution in [0.3, 0.4) is 0 Å². The molecular weight excluding hydrogens is 240 g/mol. The van der Waals surface area contributed by atoms with Crippen molar-refractivity contribution in [3.63, 3.8) is 0 Å². The monoisotopic (exact) mass is 260 g/mol. The summed E-state index contributed by atoms with van der Waals surface area (Å²) < 4.78 is 1.83. The van der Waals surface area contributed by atoms with Gasteiger partial charge in [0.05, 0.1) is 12.3 Å². The minimum absolute atomic E-state index is 0.169. The normalized spacial score (nSPS) is 23.4. The lowest BCUT2D eigenvalue weighted by Crippen LogP contribution is -2.19. The molecule has 0 bridgehead atoms. The van der Waals surface area contributed by atoms with Crippen LogP contribution in [-0.4, -0.2) is 31.9 Å². The lowest BCUT2D eigenvalue weighted by molar-refractivity contribution is 0.182. The molecule has 2 atom stereocenters. The van der Waals surface area contributed by atoms with Gasteiger partial charge in [-0.1, -0.05) is 13.8 Å². The fraction of sp³-hybridized carbons (Fsp3) is 0.571. The molecule has 5 heteroatoms. The summed E-state index contributed by atoms with van der Waals surface area (Å²) in [6.45, 7) is 4.27. The van der Waals surface area contributed by atoms with Crippen LogP contribution in [0, 0.1) is 0 Å². The number of rotatable bonds is 3. The Kier molecular flexibility index (Phi) is 3.14. The third-order valence-electron chi connectivity index (χ3n) is 3.73. The summed E-state index contributed by atoms with van der Waals surface area (Å²) in [4.78, 5) is 4.60. The van der Waals surface area contributed by atoms with Crippen molar-refractivity contribution in [1.29, 1.82) is 0 Å². The van der Waals surface area contributed by atoms with Gasteiger partial charge in [0.25, 0.3) is 0 Å². The summed E-state index contributed by atoms with van der Waals surface area (Å²) >= 11 is 0. The Bertz CT molecular complexity index is 578. The maximum absolute atomic E-state index is 9.62. The molecule has 2 aromatic rings. The van der Waals surface area contributed by atoms with Crippen LogP contribution in [0.2, 0.25) is 0 Å². The van der Waals surface area contributed by atoms with E-state index in [0.717, 1.165) is 36.4 Å². The van der Waals surface area contributed by atoms with Crippen LogP contribution in [0.4, 0.5) is 5.82 Å². The van der Waals surface area contributed by atoms with Gasteiger partial charge in [-0.2, -0.15) is 9.61 Å². The smallest absolute Gasteiger partial charge is 0.157 e. The first-order valence-corrected chi connectivity index (χ1v) is 6.93. The molecule has 1 saturated carbocycles. The van der Waals surface area contributed by atoms with E-state index in [1.54, 1.807) is 6.20 Å². The molecule has 5 nitrogen and oxygen atoms in total. The predicted octanol–water partition coefficient (Wildman–Crippen LogP) is 2.18. The van der Waals surface area contributed by atoms with Crippen molar-refractivity contribution in [2.45, 2.75) is 51.2 Å². The molecule has 3 rings (SSSR count). The molecule has 2 heterocycles. The standard InChI is InChI=1S/C14H20N4O/c1-9(2)12-8-14(16-10-3-4-11(19)7-10)18-13(17-12)5-6-15-18/h5-6,8-11,16,19H,3-4,7H2,1-2H3/t10-,11-/m0/s1. The number of nitrogens with one attached hydrogen (secondary N) is 1. The van der Waals surface area contributed by atoms with Gasteiger partial charge in [-0.25, -0.2) is 4.98 Å². The fourth-order valence-electron chi connectivity index (χ4n) is 2.63. The Labute approximate surface area is 112 Å². The molecule has 0 aliphatic heterocycles. The zero-order valence-electron chi connectivity index (χ0n) is 11.4. The second-order valence-electron chi connectivity index (χ2n) is 5.63. The van der Waals surface area contributed by atoms with Crippen LogP contribution in [0.15, 0.2) is 18.3 Å². The molecule has 2 N–H and O–H groups in total. The van der Waals surface area contributed by atoms with Gasteiger partial charge in [-0.05, 0) is 25.2 Å². The second kappa shape index (κ2) is 4.81. The van der Waals surface area contributed by atoms with Crippen LogP contribution in [0.1, 0.15) is 44.7 Å². The number of aromatic nitrogens is 3. The van der Waals surface area contributed by atoms with Crippen LogP contribution < -0.4 is 5.32 Å². The Morgan fingerprint density at radius 2 is 2.26 bits per heavy atom. The van der Waals surface area contributed by atoms with E-state index in [9.17, 15) is 5.11 Å². The molecule has 2 aromatic heterocycles. The average Bonchev–Trinajstić information content (AvgIpc) is 2.97. The molecule has 0 saturated heterocycles. The lowest BCUT2D eigenvalue weighted by Gasteiger charge is -2.16. The maximum atomic E-state index is 9.62. The van der Waals surface area contributed by atoms with Crippen LogP contribution in [-0.2, 0) is 0 Å². The highest BCUT2D eigenvalue weighted by molar-refractivity contribution is 5.50. The zero-order valence-corrected chi connectivity index (χ0v) is 11.4. The summed E-state index contributed by atoms with van der Waals surface area (Å²) in [7, 11) is 0. The van der Waals surface area contributed by atoms with Gasteiger partial charge in [0.1, 0.15) is 5.82 Å². The third-order valence-corrected chi connectivity index (χ3v) is 3.73. The quantitative estimate of drug-likeness (QED) is 0.888. The van der Waals surface area contributed by atoms with Gasteiger partial charge >= 0.3 is 0 Å². The molecule has 1 aliphatic carbocycles. The van der Waals surface area contributed by atoms with Gasteiger partial charge in [0, 0.05) is 23.9 Å². The Hall–Kier alpha value is -1.62. The van der Waals surface area contributed by atoms with Crippen molar-refractivity contribution >= 4 is 11.5 Å². The van der Waals surface area contributed by atoms with Crippen molar-refractivity contribution in [1.82, 2.24) is 14.6 Å². The van der Waals surface area contributed by atoms with E-state index < -0.39 is 0 Å². The van der Waals surface area contributed by atoms with Gasteiger partial charge in [0.2, 0.25) is 0 Å². The molecule has 19 heavy (non-hydrogen) atoms. The highest BCUT2D eigenvalue weighted by atomic mass is 16.3. The largest absolute Gasteiger partial charge is 0.393 e. The zero-order chi connectivity index (χ0) is 13.4. The summed E-state index contributed by atoms with van der Waals surface area (Å²) in [5.41, 5.74) is 1.93. The van der Waals surface area contributed by atoms with Gasteiger partial charge in [0.15, 0.2) is 5.65 Å². The Balaban J connectivity index is 1.94. The minimum Gasteiger partial charge on any atom is -0.393 e. The molecule has 0 spiro atoms. The maximum Gasteiger partial charge on any atom is 0.157 e. The molecule has 0 aromatic carbocycles. The molecule has 0 radical (unpaired) electrons. The molecule has 102 valence electrons. The molecule has 1 aliphatic rings. The number of aliphatic hydroxyl groups is 1. The van der Waals surface area contributed by atoms with Gasteiger partial charge in [-0.15, -0.1) is 0 Å². The molecule has 0 unspecified atom stereocenters. The lowest BCUT2D eigenvalue weighted by atomic mass is 10.1. The van der Waals surface area contributed by atoms with Crippen molar-refractivity contribution in [2.75, 3.05) is 5.32 Å². The van der Waals surface area contributed by atoms with Crippen molar-refractivity contribution < 1.29 is 5.11 Å². The Morgan fingerprint density at radius 3 is 2.95 bits per heavy atom. The van der Waals surface area contributed by atoms with E-state index in [1.807, 2.05) is 10.6 Å². The highest BCUT2D eigenvalue weighted by Gasteiger charge is 2.23. The van der Waals surface area contributed by atoms with Crippen molar-refractivity contribution in [2.24, 2.45) is 0 Å². The summed E-state index contributed by atoms with van der Waals surface area (Å²) in [5.74, 6) is 1.35. The first kappa shape index (κ1) is 12.4. The van der Waals surface area contributed by atoms with E-state index in [0.29, 0.717) is 12.0 Å². The minimum atomic E-state index is -0.169. The van der Waals surface area contributed by atoms with E-state index in [-0.39, 0.29) is 6.10 Å². The number of anilines is 1. The van der Waals surface area contributed by atoms with E-state index >= 15 is 0 Å². The van der Waals surface area contributed by atoms with Crippen molar-refractivity contribution in [3.05, 3.63) is 24.0 Å². The van der Waals surface area contributed by atoms with Gasteiger partial charge in [-0.3, -0.25) is 0 Å². The third kappa shape index (κ3) is 2.42. The first-order valence-electron chi connectivity index (χ1n) is 6.93. The topological polar surface area (TPSA) is 62.5 Å². The number of aliphatic hydroxyl groups excluding tert-OH is 1. The van der Waals surface area contributed by atoms with E-state index in [2.05, 4.69) is 35.3 Å². The van der Waals surface area contributed by atoms with E-state index in [1.165, 1.54) is 0 Å². The SMILES string of the molecule is CC(C)c1cc(N[C@H]2CC[C@H](O)C2)n2nccc2n1. The summed E-state index contributed by atoms with van der Waals surface area (Å²) in [6.07, 6.45) is 4.28. The highest BCUT2D eigenvalue weighted by Crippen LogP contribution is 2.25. The number of hydrogen-bond acceptors (Lipinski definition) is 4. The van der Waals surface area contributed by atoms with Gasteiger partial charge < -0.3 is 10.4 Å². The summed E-state index contributed by atoms with van der Waals surface area (Å²) in [6, 6.07) is 4.31. The van der Waals surface area contributed by atoms with Crippen LogP contribution in [0.5, 0.6) is 0 Å². The predicted molar refractivity (Wildman–Crippen MR) is 74.3 cm³/mol. The second-order valence-corrected chi connectivity index (χ2v) is 5.63. The number of hydrogen-bond donors (Lipinski definition) is 2. The first-order chi connectivity index (χ1) is 9.13. The molecule has 0 amide bonds. The van der Waals surface area contributed by atoms with Crippen LogP contribution >= 0.6 is 0 Å².